The van der Waals surface area contributed by atoms with E-state index in [0.29, 0.717) is 11.3 Å². The van der Waals surface area contributed by atoms with Crippen molar-refractivity contribution < 1.29 is 14.3 Å². The summed E-state index contributed by atoms with van der Waals surface area (Å²) in [6, 6.07) is -0.431. The molecule has 0 saturated carbocycles. The third-order valence-electron chi connectivity index (χ3n) is 1.72. The van der Waals surface area contributed by atoms with E-state index in [-0.39, 0.29) is 0 Å². The molecule has 1 aliphatic heterocycles. The molecule has 0 aromatic heterocycles. The molecule has 0 spiro atoms. The first-order valence-electron chi connectivity index (χ1n) is 3.43. The Balaban J connectivity index is 2.41. The fraction of sp³-hybridized carbons (Fsp3) is 0.125. The number of amides is 1. The molecule has 12 heavy (non-hydrogen) atoms. The maximum absolute atomic E-state index is 10.7. The number of hydrogen-bond donors (Lipinski definition) is 1. The van der Waals surface area contributed by atoms with Crippen molar-refractivity contribution in [1.29, 1.82) is 0 Å². The third kappa shape index (κ3) is 0.863. The molecule has 0 radical (unpaired) electrons. The molecule has 0 aromatic carbocycles. The van der Waals surface area contributed by atoms with Gasteiger partial charge in [0, 0.05) is 0 Å². The van der Waals surface area contributed by atoms with Crippen LogP contribution in [0.15, 0.2) is 29.6 Å². The minimum Gasteiger partial charge on any atom is -0.412 e. The van der Waals surface area contributed by atoms with Crippen molar-refractivity contribution in [3.8, 4) is 0 Å². The molecule has 2 rings (SSSR count). The Morgan fingerprint density at radius 3 is 3.17 bits per heavy atom. The number of allylic oxidation sites excluding steroid dienone is 2. The second kappa shape index (κ2) is 2.36. The quantitative estimate of drug-likeness (QED) is 0.523. The number of nitrogens with one attached hydrogen (secondary N) is 1. The Hall–Kier alpha value is -1.80. The molecular weight excluding hydrogens is 158 g/mol. The zero-order chi connectivity index (χ0) is 8.55. The third-order valence-corrected chi connectivity index (χ3v) is 1.72. The number of carbonyl (C=O) groups is 1. The second-order valence-electron chi connectivity index (χ2n) is 2.45. The van der Waals surface area contributed by atoms with Gasteiger partial charge in [0.25, 0.3) is 0 Å². The topological polar surface area (TPSA) is 55.4 Å². The van der Waals surface area contributed by atoms with Gasteiger partial charge >= 0.3 is 6.09 Å². The summed E-state index contributed by atoms with van der Waals surface area (Å²) in [5.74, 6) is 2.20. The smallest absolute Gasteiger partial charge is 0.412 e. The molecule has 1 fully saturated rings. The average Bonchev–Trinajstić information content (AvgIpc) is 2.44. The lowest BCUT2D eigenvalue weighted by Gasteiger charge is -2.09. The van der Waals surface area contributed by atoms with Crippen LogP contribution in [-0.2, 0) is 9.53 Å². The molecule has 0 bridgehead atoms. The SMILES string of the molecule is O=C=C1C=CC=C2OC(=O)NC12. The monoisotopic (exact) mass is 163 g/mol. The second-order valence-corrected chi connectivity index (χ2v) is 2.45. The lowest BCUT2D eigenvalue weighted by molar-refractivity contribution is 0.195. The van der Waals surface area contributed by atoms with Gasteiger partial charge in [-0.3, -0.25) is 0 Å². The number of fused-ring (bicyclic) bond motifs is 1. The fourth-order valence-corrected chi connectivity index (χ4v) is 1.18. The average molecular weight is 163 g/mol. The Morgan fingerprint density at radius 2 is 2.42 bits per heavy atom. The summed E-state index contributed by atoms with van der Waals surface area (Å²) < 4.78 is 4.76. The van der Waals surface area contributed by atoms with Crippen LogP contribution in [0.25, 0.3) is 0 Å². The minimum atomic E-state index is -0.525. The van der Waals surface area contributed by atoms with Crippen molar-refractivity contribution in [3.63, 3.8) is 0 Å². The summed E-state index contributed by atoms with van der Waals surface area (Å²) in [6.45, 7) is 0. The first-order chi connectivity index (χ1) is 5.81. The van der Waals surface area contributed by atoms with Gasteiger partial charge in [0.05, 0.1) is 5.57 Å². The predicted octanol–water partition coefficient (Wildman–Crippen LogP) is 0.306. The van der Waals surface area contributed by atoms with Gasteiger partial charge in [0.15, 0.2) is 0 Å². The van der Waals surface area contributed by atoms with Crippen molar-refractivity contribution in [3.05, 3.63) is 29.6 Å². The Kier molecular flexibility index (Phi) is 1.35. The molecule has 1 amide bonds. The Morgan fingerprint density at radius 1 is 1.58 bits per heavy atom. The minimum absolute atomic E-state index is 0.387. The Labute approximate surface area is 68.2 Å². The van der Waals surface area contributed by atoms with E-state index in [9.17, 15) is 9.59 Å². The number of ether oxygens (including phenoxy) is 1. The Bertz CT molecular complexity index is 347. The van der Waals surface area contributed by atoms with Gasteiger partial charge in [-0.1, -0.05) is 6.08 Å². The molecular formula is C8H5NO3. The van der Waals surface area contributed by atoms with E-state index in [1.807, 2.05) is 0 Å². The molecule has 1 atom stereocenters. The molecule has 4 heteroatoms. The van der Waals surface area contributed by atoms with E-state index in [1.54, 1.807) is 24.2 Å². The fourth-order valence-electron chi connectivity index (χ4n) is 1.18. The number of rotatable bonds is 0. The molecule has 1 saturated heterocycles. The van der Waals surface area contributed by atoms with Gasteiger partial charge in [-0.2, -0.15) is 0 Å². The van der Waals surface area contributed by atoms with Crippen LogP contribution in [0.2, 0.25) is 0 Å². The molecule has 60 valence electrons. The standard InChI is InChI=1S/C8H5NO3/c10-4-5-2-1-3-6-7(5)9-8(11)12-6/h1-3,7H,(H,9,11). The summed E-state index contributed by atoms with van der Waals surface area (Å²) in [5.41, 5.74) is 0.387. The predicted molar refractivity (Wildman–Crippen MR) is 39.8 cm³/mol. The molecule has 1 N–H and O–H groups in total. The van der Waals surface area contributed by atoms with Gasteiger partial charge in [0.2, 0.25) is 0 Å². The van der Waals surface area contributed by atoms with Crippen LogP contribution in [0.5, 0.6) is 0 Å². The summed E-state index contributed by atoms with van der Waals surface area (Å²) in [6.07, 6.45) is 4.36. The van der Waals surface area contributed by atoms with E-state index in [0.717, 1.165) is 0 Å². The van der Waals surface area contributed by atoms with E-state index in [4.69, 9.17) is 4.74 Å². The summed E-state index contributed by atoms with van der Waals surface area (Å²) in [7, 11) is 0. The van der Waals surface area contributed by atoms with Crippen LogP contribution in [0.4, 0.5) is 4.79 Å². The molecule has 1 aliphatic carbocycles. The van der Waals surface area contributed by atoms with E-state index >= 15 is 0 Å². The maximum Gasteiger partial charge on any atom is 0.413 e. The zero-order valence-electron chi connectivity index (χ0n) is 6.03. The van der Waals surface area contributed by atoms with Gasteiger partial charge < -0.3 is 10.1 Å². The number of hydrogen-bond acceptors (Lipinski definition) is 3. The van der Waals surface area contributed by atoms with Gasteiger partial charge in [-0.05, 0) is 12.2 Å². The van der Waals surface area contributed by atoms with Gasteiger partial charge in [0.1, 0.15) is 17.7 Å². The largest absolute Gasteiger partial charge is 0.413 e. The van der Waals surface area contributed by atoms with E-state index in [1.165, 1.54) is 0 Å². The number of carbonyl (C=O) groups excluding carboxylic acids is 2. The van der Waals surface area contributed by atoms with Crippen molar-refractivity contribution in [2.45, 2.75) is 6.04 Å². The highest BCUT2D eigenvalue weighted by Gasteiger charge is 2.32. The molecule has 1 heterocycles. The van der Waals surface area contributed by atoms with E-state index < -0.39 is 12.1 Å². The zero-order valence-corrected chi connectivity index (χ0v) is 6.03. The van der Waals surface area contributed by atoms with Crippen molar-refractivity contribution in [2.24, 2.45) is 0 Å². The van der Waals surface area contributed by atoms with Crippen LogP contribution in [0.1, 0.15) is 0 Å². The molecule has 4 nitrogen and oxygen atoms in total. The highest BCUT2D eigenvalue weighted by molar-refractivity contribution is 5.77. The van der Waals surface area contributed by atoms with Crippen LogP contribution >= 0.6 is 0 Å². The first kappa shape index (κ1) is 6.88. The van der Waals surface area contributed by atoms with Crippen molar-refractivity contribution in [1.82, 2.24) is 5.32 Å². The lowest BCUT2D eigenvalue weighted by atomic mass is 10.0. The van der Waals surface area contributed by atoms with Gasteiger partial charge in [-0.15, -0.1) is 0 Å². The molecule has 1 unspecified atom stereocenters. The number of alkyl carbamates (subject to hydrolysis) is 1. The molecule has 0 aromatic rings. The van der Waals surface area contributed by atoms with Gasteiger partial charge in [-0.25, -0.2) is 9.59 Å². The van der Waals surface area contributed by atoms with Crippen LogP contribution in [-0.4, -0.2) is 18.1 Å². The van der Waals surface area contributed by atoms with Crippen LogP contribution < -0.4 is 5.32 Å². The maximum atomic E-state index is 10.7. The van der Waals surface area contributed by atoms with Crippen LogP contribution in [0, 0.1) is 0 Å². The highest BCUT2D eigenvalue weighted by Crippen LogP contribution is 2.22. The summed E-state index contributed by atoms with van der Waals surface area (Å²) in [5, 5.41) is 2.48. The normalized spacial score (nSPS) is 25.3. The van der Waals surface area contributed by atoms with Crippen molar-refractivity contribution >= 4 is 12.0 Å². The molecule has 2 aliphatic rings. The highest BCUT2D eigenvalue weighted by atomic mass is 16.6. The summed E-state index contributed by atoms with van der Waals surface area (Å²) in [4.78, 5) is 21.1. The first-order valence-corrected chi connectivity index (χ1v) is 3.43. The summed E-state index contributed by atoms with van der Waals surface area (Å²) >= 11 is 0. The van der Waals surface area contributed by atoms with Crippen molar-refractivity contribution in [2.75, 3.05) is 0 Å². The lowest BCUT2D eigenvalue weighted by Crippen LogP contribution is -2.27. The van der Waals surface area contributed by atoms with Crippen LogP contribution in [0.3, 0.4) is 0 Å². The van der Waals surface area contributed by atoms with E-state index in [2.05, 4.69) is 5.32 Å².